The van der Waals surface area contributed by atoms with Gasteiger partial charge in [-0.25, -0.2) is 0 Å². The van der Waals surface area contributed by atoms with Crippen molar-refractivity contribution in [2.75, 3.05) is 13.2 Å². The average Bonchev–Trinajstić information content (AvgIpc) is 2.93. The number of carbonyl (C=O) groups is 3. The summed E-state index contributed by atoms with van der Waals surface area (Å²) in [6, 6.07) is 0. The van der Waals surface area contributed by atoms with Gasteiger partial charge >= 0.3 is 11.9 Å². The number of allylic oxidation sites excluding steroid dienone is 2. The SMILES string of the molecule is CC(=O)OCC1(OC(=O)CC(C)C)COC(O)C2C(C=O)=CC=C21. The molecule has 1 heterocycles. The van der Waals surface area contributed by atoms with Crippen LogP contribution in [0.15, 0.2) is 23.3 Å². The monoisotopic (exact) mass is 338 g/mol. The summed E-state index contributed by atoms with van der Waals surface area (Å²) in [5, 5.41) is 10.1. The van der Waals surface area contributed by atoms with Gasteiger partial charge in [-0.3, -0.25) is 14.4 Å². The Hall–Kier alpha value is -1.99. The minimum Gasteiger partial charge on any atom is -0.461 e. The summed E-state index contributed by atoms with van der Waals surface area (Å²) >= 11 is 0. The molecule has 1 aliphatic heterocycles. The fourth-order valence-electron chi connectivity index (χ4n) is 2.89. The van der Waals surface area contributed by atoms with Crippen molar-refractivity contribution in [3.8, 4) is 0 Å². The van der Waals surface area contributed by atoms with Crippen LogP contribution >= 0.6 is 0 Å². The molecule has 1 aliphatic carbocycles. The third-order valence-corrected chi connectivity index (χ3v) is 3.98. The first kappa shape index (κ1) is 18.4. The summed E-state index contributed by atoms with van der Waals surface area (Å²) in [4.78, 5) is 34.6. The standard InChI is InChI=1S/C17H22O7/c1-10(2)6-14(20)24-17(8-22-11(3)19)9-23-16(21)15-12(7-18)4-5-13(15)17/h4-5,7,10,15-16,21H,6,8-9H2,1-3H3. The number of hydrogen-bond donors (Lipinski definition) is 1. The van der Waals surface area contributed by atoms with Gasteiger partial charge in [0, 0.05) is 18.9 Å². The van der Waals surface area contributed by atoms with Gasteiger partial charge < -0.3 is 19.3 Å². The third kappa shape index (κ3) is 3.73. The summed E-state index contributed by atoms with van der Waals surface area (Å²) in [5.41, 5.74) is -0.519. The molecule has 1 saturated heterocycles. The predicted molar refractivity (Wildman–Crippen MR) is 82.6 cm³/mol. The van der Waals surface area contributed by atoms with E-state index in [4.69, 9.17) is 14.2 Å². The first-order valence-electron chi connectivity index (χ1n) is 7.81. The van der Waals surface area contributed by atoms with Gasteiger partial charge in [-0.2, -0.15) is 0 Å². The Kier molecular flexibility index (Phi) is 5.56. The first-order chi connectivity index (χ1) is 11.3. The molecule has 0 aromatic heterocycles. The smallest absolute Gasteiger partial charge is 0.307 e. The molecule has 3 atom stereocenters. The van der Waals surface area contributed by atoms with Gasteiger partial charge in [0.1, 0.15) is 12.9 Å². The van der Waals surface area contributed by atoms with Crippen molar-refractivity contribution in [2.45, 2.75) is 39.1 Å². The molecule has 132 valence electrons. The van der Waals surface area contributed by atoms with Gasteiger partial charge in [-0.05, 0) is 11.5 Å². The molecule has 0 saturated carbocycles. The van der Waals surface area contributed by atoms with Crippen LogP contribution in [0, 0.1) is 11.8 Å². The third-order valence-electron chi connectivity index (χ3n) is 3.98. The Morgan fingerprint density at radius 3 is 2.75 bits per heavy atom. The van der Waals surface area contributed by atoms with Crippen LogP contribution < -0.4 is 0 Å². The molecular formula is C17H22O7. The molecule has 0 bridgehead atoms. The van der Waals surface area contributed by atoms with E-state index in [1.54, 1.807) is 12.2 Å². The van der Waals surface area contributed by atoms with Gasteiger partial charge in [-0.15, -0.1) is 0 Å². The highest BCUT2D eigenvalue weighted by Crippen LogP contribution is 2.43. The molecule has 0 radical (unpaired) electrons. The Balaban J connectivity index is 2.30. The van der Waals surface area contributed by atoms with Gasteiger partial charge in [0.15, 0.2) is 11.9 Å². The zero-order chi connectivity index (χ0) is 17.9. The van der Waals surface area contributed by atoms with E-state index in [9.17, 15) is 19.5 Å². The van der Waals surface area contributed by atoms with Gasteiger partial charge in [0.2, 0.25) is 0 Å². The summed E-state index contributed by atoms with van der Waals surface area (Å²) < 4.78 is 16.0. The molecule has 1 N–H and O–H groups in total. The summed E-state index contributed by atoms with van der Waals surface area (Å²) in [6.45, 7) is 4.61. The Morgan fingerprint density at radius 1 is 1.46 bits per heavy atom. The molecule has 7 nitrogen and oxygen atoms in total. The lowest BCUT2D eigenvalue weighted by Gasteiger charge is -2.42. The van der Waals surface area contributed by atoms with E-state index in [0.29, 0.717) is 17.4 Å². The van der Waals surface area contributed by atoms with Crippen molar-refractivity contribution in [1.29, 1.82) is 0 Å². The lowest BCUT2D eigenvalue weighted by atomic mass is 9.81. The second kappa shape index (κ2) is 7.27. The highest BCUT2D eigenvalue weighted by molar-refractivity contribution is 5.79. The van der Waals surface area contributed by atoms with Crippen LogP contribution in [0.25, 0.3) is 0 Å². The van der Waals surface area contributed by atoms with Crippen LogP contribution in [-0.4, -0.2) is 48.4 Å². The van der Waals surface area contributed by atoms with Crippen molar-refractivity contribution < 1.29 is 33.7 Å². The molecule has 2 rings (SSSR count). The summed E-state index contributed by atoms with van der Waals surface area (Å²) in [7, 11) is 0. The van der Waals surface area contributed by atoms with Crippen LogP contribution in [-0.2, 0) is 28.6 Å². The molecule has 1 fully saturated rings. The second-order valence-electron chi connectivity index (χ2n) is 6.43. The molecule has 24 heavy (non-hydrogen) atoms. The number of carbonyl (C=O) groups excluding carboxylic acids is 3. The van der Waals surface area contributed by atoms with E-state index in [1.807, 2.05) is 13.8 Å². The summed E-state index contributed by atoms with van der Waals surface area (Å²) in [5.74, 6) is -1.63. The molecule has 0 amide bonds. The molecule has 3 unspecified atom stereocenters. The van der Waals surface area contributed by atoms with Crippen molar-refractivity contribution >= 4 is 18.2 Å². The fraction of sp³-hybridized carbons (Fsp3) is 0.588. The minimum absolute atomic E-state index is 0.0930. The van der Waals surface area contributed by atoms with E-state index >= 15 is 0 Å². The molecule has 7 heteroatoms. The maximum atomic E-state index is 12.2. The van der Waals surface area contributed by atoms with Crippen LogP contribution in [0.2, 0.25) is 0 Å². The van der Waals surface area contributed by atoms with Gasteiger partial charge in [-0.1, -0.05) is 26.0 Å². The molecule has 0 aromatic rings. The average molecular weight is 338 g/mol. The number of rotatable bonds is 6. The molecule has 0 aromatic carbocycles. The largest absolute Gasteiger partial charge is 0.461 e. The van der Waals surface area contributed by atoms with Gasteiger partial charge in [0.25, 0.3) is 0 Å². The minimum atomic E-state index is -1.34. The highest BCUT2D eigenvalue weighted by atomic mass is 16.6. The predicted octanol–water partition coefficient (Wildman–Crippen LogP) is 0.908. The number of ether oxygens (including phenoxy) is 3. The van der Waals surface area contributed by atoms with Crippen molar-refractivity contribution in [2.24, 2.45) is 11.8 Å². The Labute approximate surface area is 140 Å². The van der Waals surface area contributed by atoms with E-state index in [0.717, 1.165) is 0 Å². The van der Waals surface area contributed by atoms with Crippen LogP contribution in [0.5, 0.6) is 0 Å². The number of fused-ring (bicyclic) bond motifs is 1. The number of aldehydes is 1. The van der Waals surface area contributed by atoms with E-state index in [2.05, 4.69) is 0 Å². The van der Waals surface area contributed by atoms with Crippen LogP contribution in [0.4, 0.5) is 0 Å². The number of aliphatic hydroxyl groups is 1. The van der Waals surface area contributed by atoms with Crippen LogP contribution in [0.3, 0.4) is 0 Å². The second-order valence-corrected chi connectivity index (χ2v) is 6.43. The van der Waals surface area contributed by atoms with Crippen LogP contribution in [0.1, 0.15) is 27.2 Å². The number of aliphatic hydroxyl groups excluding tert-OH is 1. The summed E-state index contributed by atoms with van der Waals surface area (Å²) in [6.07, 6.45) is 2.76. The van der Waals surface area contributed by atoms with Crippen molar-refractivity contribution in [1.82, 2.24) is 0 Å². The normalized spacial score (nSPS) is 28.7. The molecule has 0 spiro atoms. The van der Waals surface area contributed by atoms with E-state index in [-0.39, 0.29) is 25.6 Å². The molecular weight excluding hydrogens is 316 g/mol. The Morgan fingerprint density at radius 2 is 2.17 bits per heavy atom. The maximum absolute atomic E-state index is 12.2. The lowest BCUT2D eigenvalue weighted by Crippen LogP contribution is -2.54. The lowest BCUT2D eigenvalue weighted by molar-refractivity contribution is -0.214. The highest BCUT2D eigenvalue weighted by Gasteiger charge is 2.52. The topological polar surface area (TPSA) is 99.1 Å². The van der Waals surface area contributed by atoms with Gasteiger partial charge in [0.05, 0.1) is 12.5 Å². The van der Waals surface area contributed by atoms with Crippen molar-refractivity contribution in [3.05, 3.63) is 23.3 Å². The fourth-order valence-corrected chi connectivity index (χ4v) is 2.89. The van der Waals surface area contributed by atoms with E-state index < -0.39 is 29.7 Å². The maximum Gasteiger partial charge on any atom is 0.307 e. The zero-order valence-corrected chi connectivity index (χ0v) is 14.0. The zero-order valence-electron chi connectivity index (χ0n) is 14.0. The quantitative estimate of drug-likeness (QED) is 0.567. The molecule has 2 aliphatic rings. The number of esters is 2. The van der Waals surface area contributed by atoms with E-state index in [1.165, 1.54) is 6.92 Å². The first-order valence-corrected chi connectivity index (χ1v) is 7.81. The Bertz CT molecular complexity index is 590. The number of hydrogen-bond acceptors (Lipinski definition) is 7. The van der Waals surface area contributed by atoms with Crippen molar-refractivity contribution in [3.63, 3.8) is 0 Å².